The van der Waals surface area contributed by atoms with Crippen molar-refractivity contribution in [3.63, 3.8) is 0 Å². The summed E-state index contributed by atoms with van der Waals surface area (Å²) >= 11 is 0. The van der Waals surface area contributed by atoms with Gasteiger partial charge in [0.25, 0.3) is 0 Å². The van der Waals surface area contributed by atoms with E-state index in [9.17, 15) is 4.79 Å². The van der Waals surface area contributed by atoms with Crippen molar-refractivity contribution in [3.05, 3.63) is 27.6 Å². The van der Waals surface area contributed by atoms with Crippen LogP contribution in [0, 0.1) is 18.3 Å². The molecule has 0 aliphatic carbocycles. The monoisotopic (exact) mass is 179 g/mol. The first-order valence-corrected chi connectivity index (χ1v) is 3.86. The van der Waals surface area contributed by atoms with Gasteiger partial charge in [0.05, 0.1) is 6.61 Å². The Labute approximate surface area is 75.4 Å². The van der Waals surface area contributed by atoms with E-state index in [-0.39, 0.29) is 16.9 Å². The van der Waals surface area contributed by atoms with Crippen molar-refractivity contribution in [2.45, 2.75) is 13.8 Å². The molecule has 0 aliphatic heterocycles. The number of nitriles is 1. The summed E-state index contributed by atoms with van der Waals surface area (Å²) in [5.74, 6) is 0.447. The van der Waals surface area contributed by atoms with Gasteiger partial charge < -0.3 is 9.15 Å². The smallest absolute Gasteiger partial charge is 0.307 e. The lowest BCUT2D eigenvalue weighted by Crippen LogP contribution is -2.08. The summed E-state index contributed by atoms with van der Waals surface area (Å²) in [5, 5.41) is 8.63. The minimum absolute atomic E-state index is 0.00926. The average Bonchev–Trinajstić information content (AvgIpc) is 2.04. The Morgan fingerprint density at radius 3 is 2.92 bits per heavy atom. The fourth-order valence-electron chi connectivity index (χ4n) is 0.918. The Morgan fingerprint density at radius 2 is 2.38 bits per heavy atom. The van der Waals surface area contributed by atoms with Crippen LogP contribution in [0.5, 0.6) is 5.95 Å². The van der Waals surface area contributed by atoms with Gasteiger partial charge in [0, 0.05) is 6.07 Å². The van der Waals surface area contributed by atoms with Crippen molar-refractivity contribution in [2.24, 2.45) is 0 Å². The van der Waals surface area contributed by atoms with Crippen molar-refractivity contribution in [1.29, 1.82) is 5.26 Å². The van der Waals surface area contributed by atoms with Crippen LogP contribution in [0.15, 0.2) is 15.3 Å². The van der Waals surface area contributed by atoms with Crippen LogP contribution in [0.3, 0.4) is 0 Å². The van der Waals surface area contributed by atoms with Crippen LogP contribution in [0.4, 0.5) is 0 Å². The van der Waals surface area contributed by atoms with Gasteiger partial charge in [-0.15, -0.1) is 0 Å². The number of rotatable bonds is 2. The number of aryl methyl sites for hydroxylation is 1. The maximum Gasteiger partial charge on any atom is 0.307 e. The van der Waals surface area contributed by atoms with Gasteiger partial charge in [-0.3, -0.25) is 4.79 Å². The van der Waals surface area contributed by atoms with E-state index in [1.807, 2.05) is 0 Å². The fourth-order valence-corrected chi connectivity index (χ4v) is 0.918. The average molecular weight is 179 g/mol. The summed E-state index contributed by atoms with van der Waals surface area (Å²) in [6, 6.07) is 3.01. The second kappa shape index (κ2) is 3.76. The number of hydrogen-bond acceptors (Lipinski definition) is 4. The molecule has 0 aliphatic rings. The summed E-state index contributed by atoms with van der Waals surface area (Å²) in [6.45, 7) is 3.75. The molecular weight excluding hydrogens is 170 g/mol. The lowest BCUT2D eigenvalue weighted by Gasteiger charge is -2.03. The third kappa shape index (κ3) is 1.88. The lowest BCUT2D eigenvalue weighted by molar-refractivity contribution is 0.244. The van der Waals surface area contributed by atoms with Crippen molar-refractivity contribution >= 4 is 0 Å². The first-order chi connectivity index (χ1) is 6.19. The molecule has 68 valence electrons. The topological polar surface area (TPSA) is 63.2 Å². The van der Waals surface area contributed by atoms with Crippen LogP contribution < -0.4 is 10.2 Å². The molecule has 4 heteroatoms. The van der Waals surface area contributed by atoms with Crippen LogP contribution in [0.1, 0.15) is 18.2 Å². The minimum Gasteiger partial charge on any atom is -0.464 e. The Kier molecular flexibility index (Phi) is 2.70. The quantitative estimate of drug-likeness (QED) is 0.684. The Balaban J connectivity index is 3.32. The van der Waals surface area contributed by atoms with E-state index in [0.717, 1.165) is 0 Å². The van der Waals surface area contributed by atoms with Gasteiger partial charge in [-0.25, -0.2) is 0 Å². The number of hydrogen-bond donors (Lipinski definition) is 0. The van der Waals surface area contributed by atoms with Gasteiger partial charge in [0.2, 0.25) is 5.43 Å². The first kappa shape index (κ1) is 9.33. The molecule has 1 aromatic heterocycles. The highest BCUT2D eigenvalue weighted by Gasteiger charge is 2.10. The molecule has 1 heterocycles. The molecule has 0 amide bonds. The molecule has 0 aromatic carbocycles. The van der Waals surface area contributed by atoms with E-state index in [1.54, 1.807) is 19.9 Å². The summed E-state index contributed by atoms with van der Waals surface area (Å²) in [7, 11) is 0. The van der Waals surface area contributed by atoms with Gasteiger partial charge in [-0.1, -0.05) is 0 Å². The van der Waals surface area contributed by atoms with Crippen LogP contribution in [-0.4, -0.2) is 6.61 Å². The Hall–Kier alpha value is -1.76. The van der Waals surface area contributed by atoms with E-state index in [1.165, 1.54) is 6.07 Å². The predicted octanol–water partition coefficient (Wildman–Crippen LogP) is 1.22. The molecule has 1 rings (SSSR count). The molecule has 1 aromatic rings. The molecule has 0 saturated heterocycles. The highest BCUT2D eigenvalue weighted by Crippen LogP contribution is 2.15. The molecule has 0 atom stereocenters. The van der Waals surface area contributed by atoms with E-state index in [0.29, 0.717) is 12.4 Å². The van der Waals surface area contributed by atoms with E-state index < -0.39 is 0 Å². The third-order valence-corrected chi connectivity index (χ3v) is 1.43. The Bertz CT molecular complexity index is 400. The highest BCUT2D eigenvalue weighted by molar-refractivity contribution is 5.35. The van der Waals surface area contributed by atoms with Crippen molar-refractivity contribution < 1.29 is 9.15 Å². The van der Waals surface area contributed by atoms with Gasteiger partial charge in [-0.2, -0.15) is 5.26 Å². The summed E-state index contributed by atoms with van der Waals surface area (Å²) in [5.41, 5.74) is -0.442. The highest BCUT2D eigenvalue weighted by atomic mass is 16.6. The zero-order valence-electron chi connectivity index (χ0n) is 7.46. The molecule has 0 saturated carbocycles. The molecule has 0 N–H and O–H groups in total. The van der Waals surface area contributed by atoms with E-state index in [4.69, 9.17) is 14.4 Å². The zero-order chi connectivity index (χ0) is 9.84. The number of nitrogens with zero attached hydrogens (tertiary/aromatic N) is 1. The molecule has 4 nitrogen and oxygen atoms in total. The van der Waals surface area contributed by atoms with Crippen LogP contribution in [-0.2, 0) is 0 Å². The van der Waals surface area contributed by atoms with Crippen LogP contribution in [0.25, 0.3) is 0 Å². The standard InChI is InChI=1S/C9H9NO3/c1-3-12-9-7(5-10)8(11)4-6(2)13-9/h4H,3H2,1-2H3. The summed E-state index contributed by atoms with van der Waals surface area (Å²) in [6.07, 6.45) is 0. The second-order valence-corrected chi connectivity index (χ2v) is 2.43. The molecule has 0 fully saturated rings. The maximum absolute atomic E-state index is 11.2. The largest absolute Gasteiger partial charge is 0.464 e. The van der Waals surface area contributed by atoms with Gasteiger partial charge in [-0.05, 0) is 13.8 Å². The predicted molar refractivity (Wildman–Crippen MR) is 45.6 cm³/mol. The summed E-state index contributed by atoms with van der Waals surface area (Å²) in [4.78, 5) is 11.2. The summed E-state index contributed by atoms with van der Waals surface area (Å²) < 4.78 is 10.1. The van der Waals surface area contributed by atoms with Gasteiger partial charge >= 0.3 is 5.95 Å². The van der Waals surface area contributed by atoms with E-state index in [2.05, 4.69) is 0 Å². The van der Waals surface area contributed by atoms with Crippen LogP contribution >= 0.6 is 0 Å². The van der Waals surface area contributed by atoms with E-state index >= 15 is 0 Å². The molecule has 0 spiro atoms. The SMILES string of the molecule is CCOc1oc(C)cc(=O)c1C#N. The molecule has 0 bridgehead atoms. The minimum atomic E-state index is -0.366. The maximum atomic E-state index is 11.2. The number of ether oxygens (including phenoxy) is 1. The third-order valence-electron chi connectivity index (χ3n) is 1.43. The van der Waals surface area contributed by atoms with Gasteiger partial charge in [0.1, 0.15) is 11.8 Å². The molecule has 0 unspecified atom stereocenters. The lowest BCUT2D eigenvalue weighted by atomic mass is 10.3. The Morgan fingerprint density at radius 1 is 1.69 bits per heavy atom. The second-order valence-electron chi connectivity index (χ2n) is 2.43. The van der Waals surface area contributed by atoms with Crippen molar-refractivity contribution in [1.82, 2.24) is 0 Å². The zero-order valence-corrected chi connectivity index (χ0v) is 7.46. The molecule has 13 heavy (non-hydrogen) atoms. The van der Waals surface area contributed by atoms with Gasteiger partial charge in [0.15, 0.2) is 5.56 Å². The normalized spacial score (nSPS) is 9.31. The molecular formula is C9H9NO3. The van der Waals surface area contributed by atoms with Crippen molar-refractivity contribution in [3.8, 4) is 12.0 Å². The van der Waals surface area contributed by atoms with Crippen LogP contribution in [0.2, 0.25) is 0 Å². The fraction of sp³-hybridized carbons (Fsp3) is 0.333. The van der Waals surface area contributed by atoms with Crippen molar-refractivity contribution in [2.75, 3.05) is 6.61 Å². The molecule has 0 radical (unpaired) electrons. The first-order valence-electron chi connectivity index (χ1n) is 3.86.